The van der Waals surface area contributed by atoms with Gasteiger partial charge in [-0.2, -0.15) is 0 Å². The lowest BCUT2D eigenvalue weighted by molar-refractivity contribution is 0.0925. The summed E-state index contributed by atoms with van der Waals surface area (Å²) < 4.78 is 6.44. The molecule has 0 aliphatic carbocycles. The van der Waals surface area contributed by atoms with Gasteiger partial charge >= 0.3 is 0 Å². The standard InChI is InChI=1S/C13H10BrClO2S/c1-8-6-9(15)2-3-11(8)17-7-10(16)12-4-5-13(14)18-12/h2-6H,7H2,1H3. The van der Waals surface area contributed by atoms with Gasteiger partial charge in [0.05, 0.1) is 8.66 Å². The van der Waals surface area contributed by atoms with Gasteiger partial charge in [-0.05, 0) is 58.7 Å². The Balaban J connectivity index is 2.01. The molecule has 2 rings (SSSR count). The Morgan fingerprint density at radius 3 is 2.78 bits per heavy atom. The minimum atomic E-state index is -0.0277. The van der Waals surface area contributed by atoms with E-state index in [1.807, 2.05) is 19.1 Å². The molecule has 2 nitrogen and oxygen atoms in total. The zero-order valence-corrected chi connectivity index (χ0v) is 12.7. The predicted molar refractivity (Wildman–Crippen MR) is 78.0 cm³/mol. The molecule has 0 aliphatic rings. The summed E-state index contributed by atoms with van der Waals surface area (Å²) in [5.41, 5.74) is 0.919. The average molecular weight is 346 g/mol. The second kappa shape index (κ2) is 5.87. The van der Waals surface area contributed by atoms with Crippen molar-refractivity contribution in [2.45, 2.75) is 6.92 Å². The SMILES string of the molecule is Cc1cc(Cl)ccc1OCC(=O)c1ccc(Br)s1. The van der Waals surface area contributed by atoms with Crippen molar-refractivity contribution >= 4 is 44.7 Å². The maximum absolute atomic E-state index is 11.8. The van der Waals surface area contributed by atoms with E-state index in [-0.39, 0.29) is 12.4 Å². The van der Waals surface area contributed by atoms with Crippen molar-refractivity contribution in [2.24, 2.45) is 0 Å². The van der Waals surface area contributed by atoms with Crippen LogP contribution in [0.5, 0.6) is 5.75 Å². The molecule has 2 aromatic rings. The molecule has 0 N–H and O–H groups in total. The molecule has 1 aromatic heterocycles. The first-order valence-electron chi connectivity index (χ1n) is 5.24. The van der Waals surface area contributed by atoms with Crippen molar-refractivity contribution in [3.63, 3.8) is 0 Å². The Morgan fingerprint density at radius 1 is 1.39 bits per heavy atom. The van der Waals surface area contributed by atoms with Crippen LogP contribution in [0.4, 0.5) is 0 Å². The van der Waals surface area contributed by atoms with Crippen molar-refractivity contribution in [1.29, 1.82) is 0 Å². The Morgan fingerprint density at radius 2 is 2.17 bits per heavy atom. The third-order valence-electron chi connectivity index (χ3n) is 2.34. The Bertz CT molecular complexity index is 580. The molecule has 0 radical (unpaired) electrons. The van der Waals surface area contributed by atoms with Crippen LogP contribution in [0, 0.1) is 6.92 Å². The van der Waals surface area contributed by atoms with Crippen molar-refractivity contribution in [3.05, 3.63) is 49.6 Å². The lowest BCUT2D eigenvalue weighted by Gasteiger charge is -2.07. The summed E-state index contributed by atoms with van der Waals surface area (Å²) in [5, 5.41) is 0.661. The highest BCUT2D eigenvalue weighted by atomic mass is 79.9. The highest BCUT2D eigenvalue weighted by molar-refractivity contribution is 9.11. The van der Waals surface area contributed by atoms with Crippen LogP contribution in [0.15, 0.2) is 34.1 Å². The van der Waals surface area contributed by atoms with Crippen LogP contribution in [0.25, 0.3) is 0 Å². The van der Waals surface area contributed by atoms with E-state index in [0.717, 1.165) is 9.35 Å². The summed E-state index contributed by atoms with van der Waals surface area (Å²) in [6.07, 6.45) is 0. The molecule has 0 saturated carbocycles. The van der Waals surface area contributed by atoms with Crippen LogP contribution in [0.3, 0.4) is 0 Å². The van der Waals surface area contributed by atoms with E-state index in [1.165, 1.54) is 11.3 Å². The normalized spacial score (nSPS) is 10.4. The number of carbonyl (C=O) groups excluding carboxylic acids is 1. The summed E-state index contributed by atoms with van der Waals surface area (Å²) in [5.74, 6) is 0.656. The lowest BCUT2D eigenvalue weighted by atomic mass is 10.2. The molecule has 0 aliphatic heterocycles. The molecule has 18 heavy (non-hydrogen) atoms. The number of hydrogen-bond donors (Lipinski definition) is 0. The molecular weight excluding hydrogens is 336 g/mol. The molecular formula is C13H10BrClO2S. The van der Waals surface area contributed by atoms with E-state index < -0.39 is 0 Å². The number of ketones is 1. The third kappa shape index (κ3) is 3.34. The number of halogens is 2. The van der Waals surface area contributed by atoms with Crippen molar-refractivity contribution in [1.82, 2.24) is 0 Å². The molecule has 1 heterocycles. The summed E-state index contributed by atoms with van der Waals surface area (Å²) in [7, 11) is 0. The first-order valence-corrected chi connectivity index (χ1v) is 7.22. The van der Waals surface area contributed by atoms with Crippen LogP contribution in [-0.2, 0) is 0 Å². The number of thiophene rings is 1. The molecule has 0 unspecified atom stereocenters. The van der Waals surface area contributed by atoms with E-state index in [1.54, 1.807) is 18.2 Å². The lowest BCUT2D eigenvalue weighted by Crippen LogP contribution is -2.10. The van der Waals surface area contributed by atoms with E-state index in [4.69, 9.17) is 16.3 Å². The fraction of sp³-hybridized carbons (Fsp3) is 0.154. The summed E-state index contributed by atoms with van der Waals surface area (Å²) in [4.78, 5) is 12.5. The molecule has 0 fully saturated rings. The maximum Gasteiger partial charge on any atom is 0.210 e. The number of aryl methyl sites for hydroxylation is 1. The van der Waals surface area contributed by atoms with Gasteiger partial charge < -0.3 is 4.74 Å². The zero-order chi connectivity index (χ0) is 13.1. The first kappa shape index (κ1) is 13.6. The Kier molecular flexibility index (Phi) is 4.43. The van der Waals surface area contributed by atoms with Gasteiger partial charge in [0.25, 0.3) is 0 Å². The topological polar surface area (TPSA) is 26.3 Å². The van der Waals surface area contributed by atoms with Gasteiger partial charge in [-0.3, -0.25) is 4.79 Å². The van der Waals surface area contributed by atoms with Gasteiger partial charge in [-0.15, -0.1) is 11.3 Å². The zero-order valence-electron chi connectivity index (χ0n) is 9.57. The van der Waals surface area contributed by atoms with Gasteiger partial charge in [0.2, 0.25) is 5.78 Å². The molecule has 0 atom stereocenters. The highest BCUT2D eigenvalue weighted by Crippen LogP contribution is 2.24. The number of benzene rings is 1. The monoisotopic (exact) mass is 344 g/mol. The molecule has 1 aromatic carbocycles. The maximum atomic E-state index is 11.8. The second-order valence-electron chi connectivity index (χ2n) is 3.73. The fourth-order valence-electron chi connectivity index (χ4n) is 1.45. The summed E-state index contributed by atoms with van der Waals surface area (Å²) in [6, 6.07) is 8.97. The molecule has 94 valence electrons. The Labute approximate surface area is 123 Å². The number of rotatable bonds is 4. The van der Waals surface area contributed by atoms with Crippen molar-refractivity contribution < 1.29 is 9.53 Å². The Hall–Kier alpha value is -0.840. The molecule has 5 heteroatoms. The minimum absolute atomic E-state index is 0.0277. The second-order valence-corrected chi connectivity index (χ2v) is 6.62. The van der Waals surface area contributed by atoms with Gasteiger partial charge in [-0.25, -0.2) is 0 Å². The molecule has 0 saturated heterocycles. The van der Waals surface area contributed by atoms with Gasteiger partial charge in [0, 0.05) is 5.02 Å². The smallest absolute Gasteiger partial charge is 0.210 e. The number of ether oxygens (including phenoxy) is 1. The van der Waals surface area contributed by atoms with E-state index in [0.29, 0.717) is 15.6 Å². The van der Waals surface area contributed by atoms with Crippen LogP contribution in [0.1, 0.15) is 15.2 Å². The van der Waals surface area contributed by atoms with E-state index >= 15 is 0 Å². The largest absolute Gasteiger partial charge is 0.485 e. The van der Waals surface area contributed by atoms with E-state index in [2.05, 4.69) is 15.9 Å². The average Bonchev–Trinajstić information content (AvgIpc) is 2.74. The molecule has 0 spiro atoms. The minimum Gasteiger partial charge on any atom is -0.485 e. The molecule has 0 amide bonds. The summed E-state index contributed by atoms with van der Waals surface area (Å²) >= 11 is 10.6. The number of hydrogen-bond acceptors (Lipinski definition) is 3. The van der Waals surface area contributed by atoms with E-state index in [9.17, 15) is 4.79 Å². The van der Waals surface area contributed by atoms with Crippen LogP contribution < -0.4 is 4.74 Å². The fourth-order valence-corrected chi connectivity index (χ4v) is 2.99. The number of carbonyl (C=O) groups is 1. The van der Waals surface area contributed by atoms with Crippen LogP contribution >= 0.6 is 38.9 Å². The van der Waals surface area contributed by atoms with Gasteiger partial charge in [-0.1, -0.05) is 11.6 Å². The van der Waals surface area contributed by atoms with Crippen molar-refractivity contribution in [2.75, 3.05) is 6.61 Å². The number of Topliss-reactive ketones (excluding diaryl/α,β-unsaturated/α-hetero) is 1. The highest BCUT2D eigenvalue weighted by Gasteiger charge is 2.10. The summed E-state index contributed by atoms with van der Waals surface area (Å²) in [6.45, 7) is 1.93. The van der Waals surface area contributed by atoms with Crippen LogP contribution in [-0.4, -0.2) is 12.4 Å². The molecule has 0 bridgehead atoms. The van der Waals surface area contributed by atoms with Crippen LogP contribution in [0.2, 0.25) is 5.02 Å². The quantitative estimate of drug-likeness (QED) is 0.749. The van der Waals surface area contributed by atoms with Gasteiger partial charge in [0.1, 0.15) is 5.75 Å². The van der Waals surface area contributed by atoms with Gasteiger partial charge in [0.15, 0.2) is 6.61 Å². The third-order valence-corrected chi connectivity index (χ3v) is 4.24. The van der Waals surface area contributed by atoms with Crippen molar-refractivity contribution in [3.8, 4) is 5.75 Å². The first-order chi connectivity index (χ1) is 8.56. The predicted octanol–water partition coefficient (Wildman–Crippen LogP) is 4.73.